The number of aliphatic imine (C=N–C) groups is 1. The highest BCUT2D eigenvalue weighted by Crippen LogP contribution is 2.25. The minimum atomic E-state index is -3.11. The van der Waals surface area contributed by atoms with E-state index in [9.17, 15) is 8.42 Å². The second-order valence-corrected chi connectivity index (χ2v) is 9.25. The quantitative estimate of drug-likeness (QED) is 0.247. The first-order valence-corrected chi connectivity index (χ1v) is 11.3. The number of sulfonamides is 1. The van der Waals surface area contributed by atoms with Crippen molar-refractivity contribution in [1.82, 2.24) is 14.5 Å². The summed E-state index contributed by atoms with van der Waals surface area (Å²) in [7, 11) is 0.288. The molecule has 160 valence electrons. The van der Waals surface area contributed by atoms with Crippen LogP contribution in [0.25, 0.3) is 0 Å². The van der Waals surface area contributed by atoms with Gasteiger partial charge in [0.15, 0.2) is 5.96 Å². The number of halogens is 2. The average Bonchev–Trinajstić information content (AvgIpc) is 2.68. The lowest BCUT2D eigenvalue weighted by Gasteiger charge is -2.38. The van der Waals surface area contributed by atoms with Crippen molar-refractivity contribution in [2.24, 2.45) is 4.99 Å². The van der Waals surface area contributed by atoms with Crippen molar-refractivity contribution in [3.05, 3.63) is 29.3 Å². The summed E-state index contributed by atoms with van der Waals surface area (Å²) in [6, 6.07) is 7.91. The molecule has 0 atom stereocenters. The summed E-state index contributed by atoms with van der Waals surface area (Å²) in [5, 5.41) is 4.12. The molecule has 0 spiro atoms. The molecule has 10 heteroatoms. The van der Waals surface area contributed by atoms with Crippen LogP contribution in [0, 0.1) is 0 Å². The number of benzene rings is 1. The number of hydrogen-bond donors (Lipinski definition) is 1. The lowest BCUT2D eigenvalue weighted by atomic mass is 10.2. The summed E-state index contributed by atoms with van der Waals surface area (Å²) in [6.07, 6.45) is 0.730. The molecule has 2 rings (SSSR count). The van der Waals surface area contributed by atoms with Crippen molar-refractivity contribution >= 4 is 57.2 Å². The molecule has 1 aromatic carbocycles. The molecule has 1 fully saturated rings. The van der Waals surface area contributed by atoms with Gasteiger partial charge in [-0.05, 0) is 25.5 Å². The fourth-order valence-corrected chi connectivity index (χ4v) is 4.16. The third kappa shape index (κ3) is 6.93. The van der Waals surface area contributed by atoms with E-state index in [2.05, 4.69) is 20.1 Å². The average molecular weight is 544 g/mol. The molecule has 7 nitrogen and oxygen atoms in total. The van der Waals surface area contributed by atoms with Gasteiger partial charge in [0.05, 0.1) is 16.5 Å². The maximum atomic E-state index is 11.8. The Kier molecular flexibility index (Phi) is 10.9. The minimum Gasteiger partial charge on any atom is -0.367 e. The molecule has 1 aromatic rings. The van der Waals surface area contributed by atoms with Gasteiger partial charge in [0.1, 0.15) is 0 Å². The SMILES string of the molecule is CCS(=O)(=O)N(C)CCCNC(=NC)N1CCN(c2ccccc2Cl)CC1.I. The summed E-state index contributed by atoms with van der Waals surface area (Å²) in [4.78, 5) is 8.87. The maximum absolute atomic E-state index is 11.8. The summed E-state index contributed by atoms with van der Waals surface area (Å²) < 4.78 is 24.9. The second-order valence-electron chi connectivity index (χ2n) is 6.48. The zero-order valence-corrected chi connectivity index (χ0v) is 20.7. The number of piperazine rings is 1. The summed E-state index contributed by atoms with van der Waals surface area (Å²) in [5.41, 5.74) is 1.07. The molecule has 0 unspecified atom stereocenters. The summed E-state index contributed by atoms with van der Waals surface area (Å²) >= 11 is 6.30. The number of hydrogen-bond acceptors (Lipinski definition) is 4. The zero-order valence-electron chi connectivity index (χ0n) is 16.8. The molecule has 1 heterocycles. The molecule has 0 bridgehead atoms. The van der Waals surface area contributed by atoms with Crippen molar-refractivity contribution in [1.29, 1.82) is 0 Å². The van der Waals surface area contributed by atoms with Crippen molar-refractivity contribution < 1.29 is 8.42 Å². The Balaban J connectivity index is 0.00000392. The van der Waals surface area contributed by atoms with Crippen molar-refractivity contribution in [3.8, 4) is 0 Å². The molecular weight excluding hydrogens is 513 g/mol. The fraction of sp³-hybridized carbons (Fsp3) is 0.611. The molecule has 28 heavy (non-hydrogen) atoms. The minimum absolute atomic E-state index is 0. The second kappa shape index (κ2) is 12.0. The van der Waals surface area contributed by atoms with Gasteiger partial charge in [0.2, 0.25) is 10.0 Å². The van der Waals surface area contributed by atoms with Crippen LogP contribution in [0.4, 0.5) is 5.69 Å². The highest BCUT2D eigenvalue weighted by Gasteiger charge is 2.21. The van der Waals surface area contributed by atoms with E-state index in [1.54, 1.807) is 21.0 Å². The van der Waals surface area contributed by atoms with Crippen molar-refractivity contribution in [3.63, 3.8) is 0 Å². The maximum Gasteiger partial charge on any atom is 0.213 e. The van der Waals surface area contributed by atoms with Crippen LogP contribution < -0.4 is 10.2 Å². The van der Waals surface area contributed by atoms with Crippen LogP contribution in [0.15, 0.2) is 29.3 Å². The largest absolute Gasteiger partial charge is 0.367 e. The molecule has 0 amide bonds. The van der Waals surface area contributed by atoms with E-state index in [1.807, 2.05) is 24.3 Å². The van der Waals surface area contributed by atoms with Crippen LogP contribution in [0.2, 0.25) is 5.02 Å². The Morgan fingerprint density at radius 2 is 1.89 bits per heavy atom. The van der Waals surface area contributed by atoms with Gasteiger partial charge in [0, 0.05) is 53.4 Å². The molecular formula is C18H31ClIN5O2S. The molecule has 0 radical (unpaired) electrons. The normalized spacial score (nSPS) is 15.5. The first-order valence-electron chi connectivity index (χ1n) is 9.28. The first-order chi connectivity index (χ1) is 12.9. The molecule has 1 N–H and O–H groups in total. The van der Waals surface area contributed by atoms with Gasteiger partial charge in [0.25, 0.3) is 0 Å². The van der Waals surface area contributed by atoms with Gasteiger partial charge in [-0.25, -0.2) is 12.7 Å². The predicted molar refractivity (Wildman–Crippen MR) is 129 cm³/mol. The molecule has 1 aliphatic heterocycles. The van der Waals surface area contributed by atoms with Crippen LogP contribution in [0.1, 0.15) is 13.3 Å². The molecule has 1 aliphatic rings. The highest BCUT2D eigenvalue weighted by molar-refractivity contribution is 14.0. The van der Waals surface area contributed by atoms with E-state index in [0.717, 1.165) is 49.3 Å². The summed E-state index contributed by atoms with van der Waals surface area (Å²) in [5.74, 6) is 0.990. The Hall–Kier alpha value is -0.780. The van der Waals surface area contributed by atoms with Gasteiger partial charge >= 0.3 is 0 Å². The predicted octanol–water partition coefficient (Wildman–Crippen LogP) is 2.33. The third-order valence-electron chi connectivity index (χ3n) is 4.76. The molecule has 1 saturated heterocycles. The van der Waals surface area contributed by atoms with E-state index in [0.29, 0.717) is 13.1 Å². The molecule has 0 aliphatic carbocycles. The van der Waals surface area contributed by atoms with Gasteiger partial charge in [-0.2, -0.15) is 0 Å². The number of guanidine groups is 1. The van der Waals surface area contributed by atoms with E-state index in [4.69, 9.17) is 11.6 Å². The monoisotopic (exact) mass is 543 g/mol. The smallest absolute Gasteiger partial charge is 0.213 e. The van der Waals surface area contributed by atoms with Crippen LogP contribution in [-0.2, 0) is 10.0 Å². The van der Waals surface area contributed by atoms with Crippen LogP contribution >= 0.6 is 35.6 Å². The first kappa shape index (κ1) is 25.3. The highest BCUT2D eigenvalue weighted by atomic mass is 127. The Morgan fingerprint density at radius 1 is 1.25 bits per heavy atom. The lowest BCUT2D eigenvalue weighted by Crippen LogP contribution is -2.52. The van der Waals surface area contributed by atoms with E-state index in [1.165, 1.54) is 4.31 Å². The van der Waals surface area contributed by atoms with E-state index in [-0.39, 0.29) is 29.7 Å². The number of rotatable bonds is 7. The third-order valence-corrected chi connectivity index (χ3v) is 6.94. The standard InChI is InChI=1S/C18H30ClN5O2S.HI/c1-4-27(25,26)22(3)11-7-10-21-18(20-2)24-14-12-23(13-15-24)17-9-6-5-8-16(17)19;/h5-6,8-9H,4,7,10-15H2,1-3H3,(H,20,21);1H. The Morgan fingerprint density at radius 3 is 2.46 bits per heavy atom. The van der Waals surface area contributed by atoms with Crippen LogP contribution in [0.3, 0.4) is 0 Å². The molecule has 0 aromatic heterocycles. The zero-order chi connectivity index (χ0) is 19.9. The number of nitrogens with zero attached hydrogens (tertiary/aromatic N) is 4. The van der Waals surface area contributed by atoms with Crippen LogP contribution in [0.5, 0.6) is 0 Å². The number of para-hydroxylation sites is 1. The van der Waals surface area contributed by atoms with Crippen molar-refractivity contribution in [2.45, 2.75) is 13.3 Å². The van der Waals surface area contributed by atoms with Crippen molar-refractivity contribution in [2.75, 3.05) is 64.0 Å². The van der Waals surface area contributed by atoms with Gasteiger partial charge in [-0.1, -0.05) is 23.7 Å². The lowest BCUT2D eigenvalue weighted by molar-refractivity contribution is 0.371. The molecule has 0 saturated carbocycles. The van der Waals surface area contributed by atoms with Gasteiger partial charge in [-0.15, -0.1) is 24.0 Å². The Bertz CT molecular complexity index is 739. The van der Waals surface area contributed by atoms with Crippen LogP contribution in [-0.4, -0.2) is 82.7 Å². The number of nitrogens with one attached hydrogen (secondary N) is 1. The van der Waals surface area contributed by atoms with E-state index < -0.39 is 10.0 Å². The van der Waals surface area contributed by atoms with Gasteiger partial charge in [-0.3, -0.25) is 4.99 Å². The van der Waals surface area contributed by atoms with E-state index >= 15 is 0 Å². The number of anilines is 1. The fourth-order valence-electron chi connectivity index (χ4n) is 3.06. The topological polar surface area (TPSA) is 68.2 Å². The van der Waals surface area contributed by atoms with Gasteiger partial charge < -0.3 is 15.1 Å². The summed E-state index contributed by atoms with van der Waals surface area (Å²) in [6.45, 7) is 6.31. The Labute approximate surface area is 191 Å².